The van der Waals surface area contributed by atoms with Crippen LogP contribution in [0.15, 0.2) is 6.07 Å². The molecule has 0 aromatic carbocycles. The van der Waals surface area contributed by atoms with Crippen LogP contribution in [0.5, 0.6) is 0 Å². The predicted molar refractivity (Wildman–Crippen MR) is 41.8 cm³/mol. The van der Waals surface area contributed by atoms with Crippen molar-refractivity contribution in [1.29, 1.82) is 0 Å². The number of nitrogens with zero attached hydrogens (tertiary/aromatic N) is 1. The second-order valence-electron chi connectivity index (χ2n) is 3.03. The van der Waals surface area contributed by atoms with E-state index in [-0.39, 0.29) is 6.42 Å². The Labute approximate surface area is 74.1 Å². The van der Waals surface area contributed by atoms with Crippen molar-refractivity contribution in [3.63, 3.8) is 0 Å². The monoisotopic (exact) mass is 180 g/mol. The molecule has 0 spiro atoms. The van der Waals surface area contributed by atoms with E-state index in [9.17, 15) is 9.59 Å². The van der Waals surface area contributed by atoms with Crippen LogP contribution >= 0.6 is 0 Å². The van der Waals surface area contributed by atoms with Gasteiger partial charge in [0.15, 0.2) is 0 Å². The maximum atomic E-state index is 11.1. The molecular weight excluding hydrogens is 172 g/mol. The molecule has 5 heteroatoms. The Morgan fingerprint density at radius 2 is 2.38 bits per heavy atom. The Bertz CT molecular complexity index is 369. The summed E-state index contributed by atoms with van der Waals surface area (Å²) in [7, 11) is 0. The van der Waals surface area contributed by atoms with Crippen molar-refractivity contribution >= 4 is 11.9 Å². The van der Waals surface area contributed by atoms with E-state index in [0.717, 1.165) is 5.69 Å². The lowest BCUT2D eigenvalue weighted by atomic mass is 10.0. The third kappa shape index (κ3) is 1.32. The van der Waals surface area contributed by atoms with Crippen molar-refractivity contribution in [2.24, 2.45) is 0 Å². The Morgan fingerprint density at radius 3 is 2.85 bits per heavy atom. The van der Waals surface area contributed by atoms with E-state index < -0.39 is 17.9 Å². The van der Waals surface area contributed by atoms with Crippen LogP contribution in [0.3, 0.4) is 0 Å². The molecule has 1 aromatic heterocycles. The smallest absolute Gasteiger partial charge is 0.323 e. The number of H-pyrrole nitrogens is 1. The number of hydrogen-bond acceptors (Lipinski definition) is 4. The second kappa shape index (κ2) is 2.69. The Balaban J connectivity index is 2.27. The lowest BCUT2D eigenvalue weighted by molar-refractivity contribution is -0.152. The van der Waals surface area contributed by atoms with Crippen LogP contribution in [0.4, 0.5) is 0 Å². The van der Waals surface area contributed by atoms with Gasteiger partial charge in [0, 0.05) is 5.69 Å². The largest absolute Gasteiger partial charge is 0.393 e. The number of cyclic esters (lactones) is 2. The number of ether oxygens (including phenoxy) is 1. The molecule has 1 aromatic rings. The molecular formula is C8H8N2O3. The van der Waals surface area contributed by atoms with Crippen LogP contribution in [0, 0.1) is 6.92 Å². The molecule has 1 atom stereocenters. The number of hydrogen-bond donors (Lipinski definition) is 1. The summed E-state index contributed by atoms with van der Waals surface area (Å²) in [6, 6.07) is 1.74. The first-order valence-electron chi connectivity index (χ1n) is 3.93. The van der Waals surface area contributed by atoms with Crippen LogP contribution in [0.1, 0.15) is 23.7 Å². The minimum Gasteiger partial charge on any atom is -0.393 e. The molecule has 1 N–H and O–H groups in total. The third-order valence-corrected chi connectivity index (χ3v) is 1.95. The minimum atomic E-state index is -0.516. The Kier molecular flexibility index (Phi) is 1.65. The van der Waals surface area contributed by atoms with Gasteiger partial charge in [0.05, 0.1) is 12.1 Å². The van der Waals surface area contributed by atoms with E-state index in [1.165, 1.54) is 0 Å². The van der Waals surface area contributed by atoms with Crippen LogP contribution < -0.4 is 0 Å². The SMILES string of the molecule is Cc1cc(C2CC(=O)OC2=O)n[nH]1. The first kappa shape index (κ1) is 7.97. The van der Waals surface area contributed by atoms with Crippen molar-refractivity contribution < 1.29 is 14.3 Å². The van der Waals surface area contributed by atoms with Gasteiger partial charge in [-0.15, -0.1) is 0 Å². The van der Waals surface area contributed by atoms with Crippen molar-refractivity contribution in [2.45, 2.75) is 19.3 Å². The fourth-order valence-corrected chi connectivity index (χ4v) is 1.32. The topological polar surface area (TPSA) is 72.1 Å². The Hall–Kier alpha value is -1.65. The molecule has 1 fully saturated rings. The number of carbonyl (C=O) groups excluding carboxylic acids is 2. The third-order valence-electron chi connectivity index (χ3n) is 1.95. The van der Waals surface area contributed by atoms with Crippen molar-refractivity contribution in [3.8, 4) is 0 Å². The van der Waals surface area contributed by atoms with Gasteiger partial charge in [-0.1, -0.05) is 0 Å². The number of nitrogens with one attached hydrogen (secondary N) is 1. The van der Waals surface area contributed by atoms with Gasteiger partial charge in [0.1, 0.15) is 5.92 Å². The highest BCUT2D eigenvalue weighted by molar-refractivity contribution is 5.97. The normalized spacial score (nSPS) is 22.1. The summed E-state index contributed by atoms with van der Waals surface area (Å²) in [6.45, 7) is 1.83. The Morgan fingerprint density at radius 1 is 1.62 bits per heavy atom. The van der Waals surface area contributed by atoms with Crippen LogP contribution in [0.25, 0.3) is 0 Å². The van der Waals surface area contributed by atoms with E-state index in [4.69, 9.17) is 0 Å². The first-order chi connectivity index (χ1) is 6.16. The average Bonchev–Trinajstić information content (AvgIpc) is 2.58. The summed E-state index contributed by atoms with van der Waals surface area (Å²) in [4.78, 5) is 21.9. The summed E-state index contributed by atoms with van der Waals surface area (Å²) >= 11 is 0. The molecule has 68 valence electrons. The van der Waals surface area contributed by atoms with Crippen molar-refractivity contribution in [3.05, 3.63) is 17.5 Å². The van der Waals surface area contributed by atoms with E-state index in [1.807, 2.05) is 6.92 Å². The minimum absolute atomic E-state index is 0.100. The lowest BCUT2D eigenvalue weighted by Gasteiger charge is -1.96. The zero-order valence-electron chi connectivity index (χ0n) is 7.03. The summed E-state index contributed by atoms with van der Waals surface area (Å²) in [6.07, 6.45) is 0.100. The summed E-state index contributed by atoms with van der Waals surface area (Å²) in [5, 5.41) is 6.62. The van der Waals surface area contributed by atoms with E-state index in [1.54, 1.807) is 6.07 Å². The number of esters is 2. The number of carbonyl (C=O) groups is 2. The molecule has 1 aliphatic rings. The van der Waals surface area contributed by atoms with Crippen LogP contribution in [0.2, 0.25) is 0 Å². The van der Waals surface area contributed by atoms with E-state index in [2.05, 4.69) is 14.9 Å². The molecule has 1 saturated heterocycles. The molecule has 0 aliphatic carbocycles. The molecule has 2 heterocycles. The van der Waals surface area contributed by atoms with Gasteiger partial charge in [-0.25, -0.2) is 0 Å². The molecule has 1 unspecified atom stereocenters. The molecule has 0 amide bonds. The van der Waals surface area contributed by atoms with Gasteiger partial charge in [0.2, 0.25) is 0 Å². The second-order valence-corrected chi connectivity index (χ2v) is 3.03. The standard InChI is InChI=1S/C8H8N2O3/c1-4-2-6(10-9-4)5-3-7(11)13-8(5)12/h2,5H,3H2,1H3,(H,9,10). The van der Waals surface area contributed by atoms with Gasteiger partial charge in [-0.3, -0.25) is 14.7 Å². The fraction of sp³-hybridized carbons (Fsp3) is 0.375. The molecule has 0 radical (unpaired) electrons. The van der Waals surface area contributed by atoms with Crippen LogP contribution in [-0.4, -0.2) is 22.1 Å². The van der Waals surface area contributed by atoms with Gasteiger partial charge in [0.25, 0.3) is 0 Å². The fourth-order valence-electron chi connectivity index (χ4n) is 1.32. The zero-order chi connectivity index (χ0) is 9.42. The van der Waals surface area contributed by atoms with Crippen LogP contribution in [-0.2, 0) is 14.3 Å². The molecule has 2 rings (SSSR count). The molecule has 0 saturated carbocycles. The van der Waals surface area contributed by atoms with Gasteiger partial charge >= 0.3 is 11.9 Å². The van der Waals surface area contributed by atoms with Gasteiger partial charge in [-0.2, -0.15) is 5.10 Å². The molecule has 0 bridgehead atoms. The highest BCUT2D eigenvalue weighted by Gasteiger charge is 2.36. The van der Waals surface area contributed by atoms with Crippen molar-refractivity contribution in [1.82, 2.24) is 10.2 Å². The van der Waals surface area contributed by atoms with E-state index in [0.29, 0.717) is 5.69 Å². The maximum absolute atomic E-state index is 11.1. The zero-order valence-corrected chi connectivity index (χ0v) is 7.03. The first-order valence-corrected chi connectivity index (χ1v) is 3.93. The van der Waals surface area contributed by atoms with Gasteiger partial charge in [-0.05, 0) is 13.0 Å². The number of aromatic amines is 1. The average molecular weight is 180 g/mol. The highest BCUT2D eigenvalue weighted by Crippen LogP contribution is 2.25. The number of aryl methyl sites for hydroxylation is 1. The molecule has 5 nitrogen and oxygen atoms in total. The number of aromatic nitrogens is 2. The van der Waals surface area contributed by atoms with E-state index >= 15 is 0 Å². The quantitative estimate of drug-likeness (QED) is 0.497. The summed E-state index contributed by atoms with van der Waals surface area (Å²) in [5.74, 6) is -1.50. The van der Waals surface area contributed by atoms with Crippen molar-refractivity contribution in [2.75, 3.05) is 0 Å². The highest BCUT2D eigenvalue weighted by atomic mass is 16.6. The molecule has 13 heavy (non-hydrogen) atoms. The summed E-state index contributed by atoms with van der Waals surface area (Å²) < 4.78 is 4.41. The summed E-state index contributed by atoms with van der Waals surface area (Å²) in [5.41, 5.74) is 1.44. The number of rotatable bonds is 1. The lowest BCUT2D eigenvalue weighted by Crippen LogP contribution is -2.05. The molecule has 1 aliphatic heterocycles. The van der Waals surface area contributed by atoms with Gasteiger partial charge < -0.3 is 4.74 Å². The predicted octanol–water partition coefficient (Wildman–Crippen LogP) is 0.275. The maximum Gasteiger partial charge on any atom is 0.323 e.